The van der Waals surface area contributed by atoms with E-state index in [0.29, 0.717) is 18.1 Å². The molecule has 1 fully saturated rings. The number of hydrogen-bond acceptors (Lipinski definition) is 3. The van der Waals surface area contributed by atoms with E-state index in [-0.39, 0.29) is 0 Å². The molecule has 0 saturated carbocycles. The normalized spacial score (nSPS) is 24.7. The van der Waals surface area contributed by atoms with Crippen molar-refractivity contribution in [1.29, 1.82) is 5.26 Å². The Morgan fingerprint density at radius 3 is 2.71 bits per heavy atom. The zero-order chi connectivity index (χ0) is 12.1. The summed E-state index contributed by atoms with van der Waals surface area (Å²) in [6.45, 7) is 1.37. The molecule has 0 spiro atoms. The van der Waals surface area contributed by atoms with Crippen LogP contribution >= 0.6 is 11.6 Å². The van der Waals surface area contributed by atoms with Crippen molar-refractivity contribution < 1.29 is 4.74 Å². The van der Waals surface area contributed by atoms with E-state index in [1.807, 2.05) is 24.3 Å². The zero-order valence-electron chi connectivity index (χ0n) is 9.58. The average molecular weight is 251 g/mol. The van der Waals surface area contributed by atoms with Gasteiger partial charge in [0.15, 0.2) is 0 Å². The average Bonchev–Trinajstić information content (AvgIpc) is 2.58. The molecule has 1 aliphatic heterocycles. The molecule has 17 heavy (non-hydrogen) atoms. The fraction of sp³-hybridized carbons (Fsp3) is 0.462. The molecule has 1 saturated heterocycles. The summed E-state index contributed by atoms with van der Waals surface area (Å²) >= 11 is 5.84. The highest BCUT2D eigenvalue weighted by Gasteiger charge is 2.30. The smallest absolute Gasteiger partial charge is 0.127 e. The fourth-order valence-electron chi connectivity index (χ4n) is 2.02. The number of halogens is 1. The Hall–Kier alpha value is -1.24. The summed E-state index contributed by atoms with van der Waals surface area (Å²) in [5.41, 5.74) is 0.419. The summed E-state index contributed by atoms with van der Waals surface area (Å²) in [6.07, 6.45) is 2.44. The van der Waals surface area contributed by atoms with Gasteiger partial charge in [0.25, 0.3) is 0 Å². The van der Waals surface area contributed by atoms with Crippen molar-refractivity contribution in [3.63, 3.8) is 0 Å². The second kappa shape index (κ2) is 5.39. The van der Waals surface area contributed by atoms with E-state index in [0.717, 1.165) is 25.1 Å². The topological polar surface area (TPSA) is 45.0 Å². The van der Waals surface area contributed by atoms with Crippen LogP contribution in [0.3, 0.4) is 0 Å². The lowest BCUT2D eigenvalue weighted by molar-refractivity contribution is 0.142. The van der Waals surface area contributed by atoms with Gasteiger partial charge in [-0.1, -0.05) is 11.6 Å². The van der Waals surface area contributed by atoms with Gasteiger partial charge < -0.3 is 10.1 Å². The molecule has 0 bridgehead atoms. The number of nitriles is 1. The third-order valence-electron chi connectivity index (χ3n) is 3.01. The van der Waals surface area contributed by atoms with E-state index in [1.54, 1.807) is 0 Å². The number of ether oxygens (including phenoxy) is 1. The molecule has 3 nitrogen and oxygen atoms in total. The Labute approximate surface area is 106 Å². The van der Waals surface area contributed by atoms with E-state index in [4.69, 9.17) is 16.3 Å². The first-order valence-corrected chi connectivity index (χ1v) is 6.15. The van der Waals surface area contributed by atoms with Crippen LogP contribution in [0.2, 0.25) is 5.02 Å². The van der Waals surface area contributed by atoms with Gasteiger partial charge in [0.05, 0.1) is 6.07 Å². The molecule has 90 valence electrons. The molecule has 0 aromatic heterocycles. The third-order valence-corrected chi connectivity index (χ3v) is 3.26. The minimum Gasteiger partial charge on any atom is -0.381 e. The molecular weight excluding hydrogens is 236 g/mol. The number of hydrogen-bond donors (Lipinski definition) is 1. The predicted octanol–water partition coefficient (Wildman–Crippen LogP) is 3.21. The summed E-state index contributed by atoms with van der Waals surface area (Å²) in [6, 6.07) is 9.83. The Bertz CT molecular complexity index is 402. The number of rotatable bonds is 2. The van der Waals surface area contributed by atoms with Crippen LogP contribution in [0.4, 0.5) is 5.69 Å². The number of nitrogens with one attached hydrogen (secondary N) is 1. The van der Waals surface area contributed by atoms with Gasteiger partial charge in [-0.25, -0.2) is 0 Å². The lowest BCUT2D eigenvalue weighted by Gasteiger charge is -2.27. The van der Waals surface area contributed by atoms with Crippen LogP contribution in [-0.4, -0.2) is 18.8 Å². The van der Waals surface area contributed by atoms with E-state index >= 15 is 0 Å². The molecule has 1 aromatic carbocycles. The highest BCUT2D eigenvalue weighted by atomic mass is 35.5. The van der Waals surface area contributed by atoms with Crippen LogP contribution in [0.25, 0.3) is 0 Å². The molecule has 0 radical (unpaired) electrons. The first-order valence-electron chi connectivity index (χ1n) is 5.77. The van der Waals surface area contributed by atoms with Crippen LogP contribution in [0.5, 0.6) is 0 Å². The van der Waals surface area contributed by atoms with E-state index in [9.17, 15) is 5.26 Å². The molecular formula is C13H15ClN2O. The van der Waals surface area contributed by atoms with Crippen molar-refractivity contribution in [1.82, 2.24) is 0 Å². The van der Waals surface area contributed by atoms with Gasteiger partial charge in [-0.05, 0) is 37.1 Å². The molecule has 0 aliphatic carbocycles. The highest BCUT2D eigenvalue weighted by molar-refractivity contribution is 6.30. The number of nitrogens with zero attached hydrogens (tertiary/aromatic N) is 1. The quantitative estimate of drug-likeness (QED) is 0.877. The van der Waals surface area contributed by atoms with Gasteiger partial charge in [0, 0.05) is 30.3 Å². The highest BCUT2D eigenvalue weighted by Crippen LogP contribution is 2.26. The van der Waals surface area contributed by atoms with E-state index in [2.05, 4.69) is 11.4 Å². The number of anilines is 1. The van der Waals surface area contributed by atoms with Crippen LogP contribution < -0.4 is 5.32 Å². The van der Waals surface area contributed by atoms with Crippen molar-refractivity contribution >= 4 is 17.3 Å². The second-order valence-electron chi connectivity index (χ2n) is 4.29. The second-order valence-corrected chi connectivity index (χ2v) is 4.73. The molecule has 1 atom stereocenters. The maximum Gasteiger partial charge on any atom is 0.127 e. The van der Waals surface area contributed by atoms with E-state index < -0.39 is 5.54 Å². The Kier molecular flexibility index (Phi) is 3.88. The van der Waals surface area contributed by atoms with Crippen LogP contribution in [0.1, 0.15) is 19.3 Å². The Morgan fingerprint density at radius 2 is 2.00 bits per heavy atom. The van der Waals surface area contributed by atoms with Crippen LogP contribution in [-0.2, 0) is 4.74 Å². The third kappa shape index (κ3) is 3.12. The summed E-state index contributed by atoms with van der Waals surface area (Å²) in [7, 11) is 0. The van der Waals surface area contributed by atoms with Crippen molar-refractivity contribution in [3.05, 3.63) is 29.3 Å². The van der Waals surface area contributed by atoms with Crippen molar-refractivity contribution in [2.75, 3.05) is 18.5 Å². The summed E-state index contributed by atoms with van der Waals surface area (Å²) in [4.78, 5) is 0. The van der Waals surface area contributed by atoms with Gasteiger partial charge in [-0.15, -0.1) is 0 Å². The van der Waals surface area contributed by atoms with Gasteiger partial charge in [-0.2, -0.15) is 5.26 Å². The van der Waals surface area contributed by atoms with E-state index in [1.165, 1.54) is 0 Å². The fourth-order valence-corrected chi connectivity index (χ4v) is 2.15. The molecule has 1 unspecified atom stereocenters. The van der Waals surface area contributed by atoms with Crippen molar-refractivity contribution in [2.24, 2.45) is 0 Å². The minimum atomic E-state index is -0.510. The van der Waals surface area contributed by atoms with Crippen LogP contribution in [0.15, 0.2) is 24.3 Å². The SMILES string of the molecule is N#CC1(Nc2ccc(Cl)cc2)CCCOCC1. The van der Waals surface area contributed by atoms with Gasteiger partial charge >= 0.3 is 0 Å². The molecule has 4 heteroatoms. The Balaban J connectivity index is 2.13. The predicted molar refractivity (Wildman–Crippen MR) is 68.1 cm³/mol. The monoisotopic (exact) mass is 250 g/mol. The summed E-state index contributed by atoms with van der Waals surface area (Å²) in [5, 5.41) is 13.4. The molecule has 1 aromatic rings. The molecule has 1 aliphatic rings. The standard InChI is InChI=1S/C13H15ClN2O/c14-11-2-4-12(5-3-11)16-13(10-15)6-1-8-17-9-7-13/h2-5,16H,1,6-9H2. The zero-order valence-corrected chi connectivity index (χ0v) is 10.3. The first kappa shape index (κ1) is 12.2. The molecule has 1 heterocycles. The first-order chi connectivity index (χ1) is 8.24. The lowest BCUT2D eigenvalue weighted by atomic mass is 9.92. The summed E-state index contributed by atoms with van der Waals surface area (Å²) in [5.74, 6) is 0. The van der Waals surface area contributed by atoms with Crippen molar-refractivity contribution in [3.8, 4) is 6.07 Å². The lowest BCUT2D eigenvalue weighted by Crippen LogP contribution is -2.36. The maximum absolute atomic E-state index is 9.39. The van der Waals surface area contributed by atoms with Crippen molar-refractivity contribution in [2.45, 2.75) is 24.8 Å². The minimum absolute atomic E-state index is 0.510. The van der Waals surface area contributed by atoms with Gasteiger partial charge in [0.2, 0.25) is 0 Å². The largest absolute Gasteiger partial charge is 0.381 e. The molecule has 1 N–H and O–H groups in total. The Morgan fingerprint density at radius 1 is 1.24 bits per heavy atom. The maximum atomic E-state index is 9.39. The van der Waals surface area contributed by atoms with Crippen LogP contribution in [0, 0.1) is 11.3 Å². The number of benzene rings is 1. The molecule has 0 amide bonds. The van der Waals surface area contributed by atoms with Gasteiger partial charge in [-0.3, -0.25) is 0 Å². The molecule has 2 rings (SSSR count). The van der Waals surface area contributed by atoms with Gasteiger partial charge in [0.1, 0.15) is 5.54 Å². The summed E-state index contributed by atoms with van der Waals surface area (Å²) < 4.78 is 5.40.